The Kier molecular flexibility index (Phi) is 4.52. The number of aryl methyl sites for hydroxylation is 2. The molecule has 0 radical (unpaired) electrons. The Morgan fingerprint density at radius 2 is 1.03 bits per heavy atom. The molecule has 1 aliphatic rings. The Labute approximate surface area is 209 Å². The van der Waals surface area contributed by atoms with Gasteiger partial charge in [-0.15, -0.1) is 11.3 Å². The molecule has 0 unspecified atom stereocenters. The summed E-state index contributed by atoms with van der Waals surface area (Å²) in [6.07, 6.45) is 2.21. The van der Waals surface area contributed by atoms with Gasteiger partial charge in [0, 0.05) is 32.3 Å². The van der Waals surface area contributed by atoms with E-state index in [0.29, 0.717) is 0 Å². The van der Waals surface area contributed by atoms with Crippen molar-refractivity contribution in [1.82, 2.24) is 0 Å². The van der Waals surface area contributed by atoms with Crippen molar-refractivity contribution in [3.05, 3.63) is 115 Å². The Morgan fingerprint density at radius 1 is 0.543 bits per heavy atom. The molecule has 1 nitrogen and oxygen atoms in total. The average molecular weight is 467 g/mol. The molecule has 7 rings (SSSR count). The first kappa shape index (κ1) is 20.4. The molecule has 0 saturated heterocycles. The molecule has 0 bridgehead atoms. The number of pyridine rings is 1. The third-order valence-electron chi connectivity index (χ3n) is 7.25. The molecule has 0 fully saturated rings. The summed E-state index contributed by atoms with van der Waals surface area (Å²) in [5, 5.41) is 1.34. The van der Waals surface area contributed by atoms with Crippen LogP contribution in [0.2, 0.25) is 0 Å². The van der Waals surface area contributed by atoms with Crippen molar-refractivity contribution in [2.24, 2.45) is 7.05 Å². The van der Waals surface area contributed by atoms with Gasteiger partial charge in [0.05, 0.1) is 5.39 Å². The minimum absolute atomic E-state index is 1.28. The molecule has 0 N–H and O–H groups in total. The molecule has 2 aromatic heterocycles. The van der Waals surface area contributed by atoms with E-state index in [4.69, 9.17) is 0 Å². The maximum Gasteiger partial charge on any atom is 0.221 e. The van der Waals surface area contributed by atoms with Gasteiger partial charge in [-0.1, -0.05) is 91.0 Å². The topological polar surface area (TPSA) is 3.88 Å². The SMILES string of the molecule is Cc1ccccc1-c1c2c3c(sc2cc[n+]1C)-c1ccccc1-c1ccccc1-c1ccccc1-3. The number of thiophene rings is 1. The third kappa shape index (κ3) is 2.97. The van der Waals surface area contributed by atoms with Crippen LogP contribution in [0.3, 0.4) is 0 Å². The lowest BCUT2D eigenvalue weighted by Gasteiger charge is -2.21. The summed E-state index contributed by atoms with van der Waals surface area (Å²) in [6.45, 7) is 2.21. The highest BCUT2D eigenvalue weighted by Crippen LogP contribution is 2.54. The van der Waals surface area contributed by atoms with E-state index in [0.717, 1.165) is 0 Å². The Morgan fingerprint density at radius 3 is 1.66 bits per heavy atom. The van der Waals surface area contributed by atoms with Crippen molar-refractivity contribution in [1.29, 1.82) is 0 Å². The van der Waals surface area contributed by atoms with Gasteiger partial charge >= 0.3 is 0 Å². The summed E-state index contributed by atoms with van der Waals surface area (Å²) >= 11 is 1.91. The maximum absolute atomic E-state index is 2.31. The highest BCUT2D eigenvalue weighted by Gasteiger charge is 2.29. The van der Waals surface area contributed by atoms with Gasteiger partial charge in [0.25, 0.3) is 0 Å². The van der Waals surface area contributed by atoms with Crippen molar-refractivity contribution in [3.8, 4) is 55.1 Å². The van der Waals surface area contributed by atoms with E-state index in [2.05, 4.69) is 128 Å². The first-order chi connectivity index (χ1) is 17.2. The molecular weight excluding hydrogens is 442 g/mol. The monoisotopic (exact) mass is 466 g/mol. The van der Waals surface area contributed by atoms with Gasteiger partial charge in [0.15, 0.2) is 6.20 Å². The zero-order valence-electron chi connectivity index (χ0n) is 19.7. The zero-order valence-corrected chi connectivity index (χ0v) is 20.6. The molecular formula is C33H24NS+. The number of aromatic nitrogens is 1. The van der Waals surface area contributed by atoms with Crippen molar-refractivity contribution in [3.63, 3.8) is 0 Å². The molecule has 166 valence electrons. The molecule has 0 spiro atoms. The number of hydrogen-bond acceptors (Lipinski definition) is 1. The fourth-order valence-corrected chi connectivity index (χ4v) is 6.90. The van der Waals surface area contributed by atoms with Crippen LogP contribution >= 0.6 is 11.3 Å². The predicted molar refractivity (Wildman–Crippen MR) is 148 cm³/mol. The number of fused-ring (bicyclic) bond motifs is 10. The number of rotatable bonds is 1. The standard InChI is InChI=1S/C33H24NS/c1-21-11-3-4-12-22(21)32-31-29(19-20-34(32)2)35-33-28-18-10-8-16-26(28)24-14-6-5-13-23(24)25-15-7-9-17-27(25)30(31)33/h3-20H,1-2H3/q+1. The molecule has 6 aromatic rings. The quantitative estimate of drug-likeness (QED) is 0.213. The van der Waals surface area contributed by atoms with Gasteiger partial charge in [0.1, 0.15) is 7.05 Å². The second-order valence-corrected chi connectivity index (χ2v) is 10.3. The van der Waals surface area contributed by atoms with Crippen LogP contribution in [0.25, 0.3) is 65.2 Å². The van der Waals surface area contributed by atoms with Gasteiger partial charge in [-0.3, -0.25) is 0 Å². The maximum atomic E-state index is 2.31. The molecule has 2 heteroatoms. The Bertz CT molecular complexity index is 1770. The fraction of sp³-hybridized carbons (Fsp3) is 0.0606. The van der Waals surface area contributed by atoms with Crippen LogP contribution in [0, 0.1) is 6.92 Å². The first-order valence-corrected chi connectivity index (χ1v) is 12.8. The third-order valence-corrected chi connectivity index (χ3v) is 8.44. The van der Waals surface area contributed by atoms with Crippen LogP contribution in [-0.4, -0.2) is 0 Å². The summed E-state index contributed by atoms with van der Waals surface area (Å²) in [7, 11) is 2.17. The number of benzene rings is 4. The van der Waals surface area contributed by atoms with Crippen LogP contribution in [0.15, 0.2) is 109 Å². The molecule has 35 heavy (non-hydrogen) atoms. The van der Waals surface area contributed by atoms with E-state index in [1.807, 2.05) is 11.3 Å². The van der Waals surface area contributed by atoms with Crippen LogP contribution in [0.1, 0.15) is 5.56 Å². The smallest absolute Gasteiger partial charge is 0.200 e. The molecule has 0 aliphatic heterocycles. The zero-order chi connectivity index (χ0) is 23.5. The summed E-state index contributed by atoms with van der Waals surface area (Å²) in [6, 6.07) is 37.7. The van der Waals surface area contributed by atoms with Gasteiger partial charge in [-0.25, -0.2) is 4.57 Å². The van der Waals surface area contributed by atoms with Crippen molar-refractivity contribution < 1.29 is 4.57 Å². The van der Waals surface area contributed by atoms with E-state index in [1.54, 1.807) is 0 Å². The highest BCUT2D eigenvalue weighted by atomic mass is 32.1. The number of nitrogens with zero attached hydrogens (tertiary/aromatic N) is 1. The molecule has 0 amide bonds. The normalized spacial score (nSPS) is 11.7. The Balaban J connectivity index is 1.72. The lowest BCUT2D eigenvalue weighted by molar-refractivity contribution is -0.659. The van der Waals surface area contributed by atoms with E-state index in [1.165, 1.54) is 70.7 Å². The molecule has 2 heterocycles. The Hall–Kier alpha value is -4.01. The van der Waals surface area contributed by atoms with Crippen molar-refractivity contribution in [2.75, 3.05) is 0 Å². The fourth-order valence-electron chi connectivity index (χ4n) is 5.65. The minimum Gasteiger partial charge on any atom is -0.200 e. The van der Waals surface area contributed by atoms with Gasteiger partial charge in [-0.2, -0.15) is 0 Å². The molecule has 4 aromatic carbocycles. The van der Waals surface area contributed by atoms with Crippen molar-refractivity contribution in [2.45, 2.75) is 6.92 Å². The van der Waals surface area contributed by atoms with E-state index in [-0.39, 0.29) is 0 Å². The molecule has 0 atom stereocenters. The van der Waals surface area contributed by atoms with Gasteiger partial charge in [-0.05, 0) is 46.4 Å². The van der Waals surface area contributed by atoms with E-state index in [9.17, 15) is 0 Å². The van der Waals surface area contributed by atoms with Crippen molar-refractivity contribution >= 4 is 21.4 Å². The summed E-state index contributed by atoms with van der Waals surface area (Å²) in [5.41, 5.74) is 13.0. The van der Waals surface area contributed by atoms with E-state index >= 15 is 0 Å². The second-order valence-electron chi connectivity index (χ2n) is 9.27. The van der Waals surface area contributed by atoms with E-state index < -0.39 is 0 Å². The predicted octanol–water partition coefficient (Wildman–Crippen LogP) is 8.68. The summed E-state index contributed by atoms with van der Waals surface area (Å²) in [4.78, 5) is 1.35. The summed E-state index contributed by atoms with van der Waals surface area (Å²) in [5.74, 6) is 0. The van der Waals surface area contributed by atoms with Crippen LogP contribution in [-0.2, 0) is 7.05 Å². The van der Waals surface area contributed by atoms with Crippen LogP contribution < -0.4 is 4.57 Å². The minimum atomic E-state index is 1.28. The average Bonchev–Trinajstić information content (AvgIpc) is 3.27. The lowest BCUT2D eigenvalue weighted by Crippen LogP contribution is -2.30. The van der Waals surface area contributed by atoms with Gasteiger partial charge < -0.3 is 0 Å². The van der Waals surface area contributed by atoms with Crippen LogP contribution in [0.4, 0.5) is 0 Å². The largest absolute Gasteiger partial charge is 0.221 e. The highest BCUT2D eigenvalue weighted by molar-refractivity contribution is 7.23. The number of hydrogen-bond donors (Lipinski definition) is 0. The van der Waals surface area contributed by atoms with Crippen LogP contribution in [0.5, 0.6) is 0 Å². The van der Waals surface area contributed by atoms with Gasteiger partial charge in [0.2, 0.25) is 5.69 Å². The summed E-state index contributed by atoms with van der Waals surface area (Å²) < 4.78 is 3.61. The second kappa shape index (κ2) is 7.76. The molecule has 1 aliphatic carbocycles. The molecule has 0 saturated carbocycles. The lowest BCUT2D eigenvalue weighted by atomic mass is 9.82. The first-order valence-electron chi connectivity index (χ1n) is 12.0.